The van der Waals surface area contributed by atoms with E-state index in [0.717, 1.165) is 37.3 Å². The quantitative estimate of drug-likeness (QED) is 0.609. The van der Waals surface area contributed by atoms with Crippen LogP contribution in [-0.4, -0.2) is 59.4 Å². The van der Waals surface area contributed by atoms with Crippen LogP contribution in [0.25, 0.3) is 11.3 Å². The number of fused-ring (bicyclic) bond motifs is 1. The molecule has 1 fully saturated rings. The molecule has 5 rings (SSSR count). The molecule has 33 heavy (non-hydrogen) atoms. The fourth-order valence-electron chi connectivity index (χ4n) is 4.49. The van der Waals surface area contributed by atoms with E-state index >= 15 is 0 Å². The molecule has 0 bridgehead atoms. The summed E-state index contributed by atoms with van der Waals surface area (Å²) in [6.45, 7) is 7.50. The molecule has 3 aromatic rings. The van der Waals surface area contributed by atoms with Crippen LogP contribution in [0.5, 0.6) is 5.75 Å². The van der Waals surface area contributed by atoms with E-state index in [1.807, 2.05) is 18.2 Å². The highest BCUT2D eigenvalue weighted by Crippen LogP contribution is 2.39. The van der Waals surface area contributed by atoms with Gasteiger partial charge in [-0.2, -0.15) is 10.1 Å². The van der Waals surface area contributed by atoms with Crippen molar-refractivity contribution in [3.05, 3.63) is 42.0 Å². The van der Waals surface area contributed by atoms with Gasteiger partial charge in [0.15, 0.2) is 17.4 Å². The summed E-state index contributed by atoms with van der Waals surface area (Å²) >= 11 is 0. The molecule has 1 N–H and O–H groups in total. The number of anilines is 3. The first-order valence-corrected chi connectivity index (χ1v) is 11.5. The Labute approximate surface area is 192 Å². The van der Waals surface area contributed by atoms with Crippen molar-refractivity contribution in [2.45, 2.75) is 38.6 Å². The number of nitrogens with zero attached hydrogens (tertiary/aromatic N) is 5. The largest absolute Gasteiger partial charge is 0.486 e. The second-order valence-electron chi connectivity index (χ2n) is 9.03. The summed E-state index contributed by atoms with van der Waals surface area (Å²) < 4.78 is 25.9. The predicted octanol–water partition coefficient (Wildman–Crippen LogP) is 4.43. The van der Waals surface area contributed by atoms with Gasteiger partial charge in [0.05, 0.1) is 17.9 Å². The second-order valence-corrected chi connectivity index (χ2v) is 9.03. The lowest BCUT2D eigenvalue weighted by Crippen LogP contribution is -2.38. The first kappa shape index (κ1) is 21.6. The van der Waals surface area contributed by atoms with E-state index in [1.165, 1.54) is 12.3 Å². The number of hydrogen-bond donors (Lipinski definition) is 1. The van der Waals surface area contributed by atoms with Crippen molar-refractivity contribution in [3.8, 4) is 17.0 Å². The summed E-state index contributed by atoms with van der Waals surface area (Å²) in [5.41, 5.74) is 2.91. The van der Waals surface area contributed by atoms with Gasteiger partial charge in [0.2, 0.25) is 0 Å². The smallest absolute Gasteiger partial charge is 0.300 e. The van der Waals surface area contributed by atoms with E-state index in [0.29, 0.717) is 41.9 Å². The summed E-state index contributed by atoms with van der Waals surface area (Å²) in [5.74, 6) is 0.890. The maximum Gasteiger partial charge on any atom is 0.300 e. The fourth-order valence-corrected chi connectivity index (χ4v) is 4.49. The lowest BCUT2D eigenvalue weighted by atomic mass is 9.94. The highest BCUT2D eigenvalue weighted by Gasteiger charge is 2.25. The average molecular weight is 453 g/mol. The molecule has 174 valence electrons. The SMILES string of the molecule is CC(C)N1CCOc2c(F)cc(-c3coc(Nc4ccc(C5CCN(C)CC5)nn4)n3)cc21. The summed E-state index contributed by atoms with van der Waals surface area (Å²) in [4.78, 5) is 8.95. The van der Waals surface area contributed by atoms with Gasteiger partial charge in [0, 0.05) is 17.5 Å². The molecule has 0 saturated carbocycles. The Morgan fingerprint density at radius 3 is 2.67 bits per heavy atom. The number of rotatable bonds is 5. The van der Waals surface area contributed by atoms with Crippen LogP contribution in [0.1, 0.15) is 38.3 Å². The molecule has 2 aliphatic rings. The number of nitrogens with one attached hydrogen (secondary N) is 1. The Morgan fingerprint density at radius 1 is 1.12 bits per heavy atom. The van der Waals surface area contributed by atoms with E-state index in [4.69, 9.17) is 9.15 Å². The molecule has 8 nitrogen and oxygen atoms in total. The van der Waals surface area contributed by atoms with Crippen molar-refractivity contribution in [2.75, 3.05) is 43.5 Å². The molecule has 0 radical (unpaired) electrons. The highest BCUT2D eigenvalue weighted by molar-refractivity contribution is 5.72. The second kappa shape index (κ2) is 8.97. The molecule has 9 heteroatoms. The minimum absolute atomic E-state index is 0.230. The van der Waals surface area contributed by atoms with Crippen molar-refractivity contribution in [2.24, 2.45) is 0 Å². The molecule has 1 saturated heterocycles. The summed E-state index contributed by atoms with van der Waals surface area (Å²) in [6, 6.07) is 7.74. The Morgan fingerprint density at radius 2 is 1.94 bits per heavy atom. The van der Waals surface area contributed by atoms with Crippen molar-refractivity contribution < 1.29 is 13.5 Å². The van der Waals surface area contributed by atoms with Crippen molar-refractivity contribution in [3.63, 3.8) is 0 Å². The summed E-state index contributed by atoms with van der Waals surface area (Å²) in [7, 11) is 2.15. The predicted molar refractivity (Wildman–Crippen MR) is 125 cm³/mol. The lowest BCUT2D eigenvalue weighted by Gasteiger charge is -2.34. The van der Waals surface area contributed by atoms with Gasteiger partial charge in [-0.1, -0.05) is 0 Å². The summed E-state index contributed by atoms with van der Waals surface area (Å²) in [5, 5.41) is 11.7. The third-order valence-corrected chi connectivity index (χ3v) is 6.39. The van der Waals surface area contributed by atoms with Crippen LogP contribution in [0.4, 0.5) is 21.9 Å². The van der Waals surface area contributed by atoms with Gasteiger partial charge in [0.25, 0.3) is 0 Å². The molecule has 4 heterocycles. The Bertz CT molecular complexity index is 1110. The Kier molecular flexibility index (Phi) is 5.88. The zero-order valence-corrected chi connectivity index (χ0v) is 19.2. The van der Waals surface area contributed by atoms with Gasteiger partial charge in [-0.25, -0.2) is 4.39 Å². The number of benzene rings is 1. The normalized spacial score (nSPS) is 17.2. The third kappa shape index (κ3) is 4.50. The third-order valence-electron chi connectivity index (χ3n) is 6.39. The molecule has 2 aliphatic heterocycles. The van der Waals surface area contributed by atoms with Crippen molar-refractivity contribution in [1.82, 2.24) is 20.1 Å². The van der Waals surface area contributed by atoms with Crippen LogP contribution in [0.3, 0.4) is 0 Å². The van der Waals surface area contributed by atoms with E-state index in [-0.39, 0.29) is 12.1 Å². The molecule has 0 atom stereocenters. The zero-order valence-electron chi connectivity index (χ0n) is 19.2. The Hall–Kier alpha value is -3.20. The molecule has 0 amide bonds. The van der Waals surface area contributed by atoms with Crippen LogP contribution in [-0.2, 0) is 0 Å². The van der Waals surface area contributed by atoms with Crippen LogP contribution < -0.4 is 15.0 Å². The van der Waals surface area contributed by atoms with E-state index in [2.05, 4.69) is 51.2 Å². The van der Waals surface area contributed by atoms with Gasteiger partial charge in [-0.15, -0.1) is 5.10 Å². The Balaban J connectivity index is 1.32. The van der Waals surface area contributed by atoms with E-state index < -0.39 is 5.82 Å². The first-order chi connectivity index (χ1) is 16.0. The number of likely N-dealkylation sites (tertiary alicyclic amines) is 1. The first-order valence-electron chi connectivity index (χ1n) is 11.5. The molecule has 0 unspecified atom stereocenters. The minimum Gasteiger partial charge on any atom is -0.486 e. The number of halogens is 1. The number of oxazole rings is 1. The molecule has 2 aromatic heterocycles. The molecule has 0 spiro atoms. The summed E-state index contributed by atoms with van der Waals surface area (Å²) in [6.07, 6.45) is 3.70. The van der Waals surface area contributed by atoms with Gasteiger partial charge in [-0.3, -0.25) is 5.32 Å². The van der Waals surface area contributed by atoms with Gasteiger partial charge in [-0.05, 0) is 71.1 Å². The van der Waals surface area contributed by atoms with E-state index in [9.17, 15) is 4.39 Å². The van der Waals surface area contributed by atoms with Crippen molar-refractivity contribution >= 4 is 17.5 Å². The lowest BCUT2D eigenvalue weighted by molar-refractivity contribution is 0.253. The average Bonchev–Trinajstić information content (AvgIpc) is 3.28. The standard InChI is InChI=1S/C24H29FN6O2/c1-15(2)31-10-11-32-23-18(25)12-17(13-21(23)31)20-14-33-24(26-20)27-22-5-4-19(28-29-22)16-6-8-30(3)9-7-16/h4-5,12-16H,6-11H2,1-3H3,(H,26,27,29). The van der Waals surface area contributed by atoms with Gasteiger partial charge in [0.1, 0.15) is 18.6 Å². The van der Waals surface area contributed by atoms with E-state index in [1.54, 1.807) is 0 Å². The molecule has 0 aliphatic carbocycles. The number of ether oxygens (including phenoxy) is 1. The minimum atomic E-state index is -0.402. The number of piperidine rings is 1. The van der Waals surface area contributed by atoms with Gasteiger partial charge >= 0.3 is 6.01 Å². The number of hydrogen-bond acceptors (Lipinski definition) is 8. The number of aromatic nitrogens is 3. The highest BCUT2D eigenvalue weighted by atomic mass is 19.1. The molecule has 1 aromatic carbocycles. The van der Waals surface area contributed by atoms with Crippen LogP contribution in [0.2, 0.25) is 0 Å². The fraction of sp³-hybridized carbons (Fsp3) is 0.458. The van der Waals surface area contributed by atoms with Crippen LogP contribution >= 0.6 is 0 Å². The zero-order chi connectivity index (χ0) is 22.9. The monoisotopic (exact) mass is 452 g/mol. The van der Waals surface area contributed by atoms with Crippen LogP contribution in [0, 0.1) is 5.82 Å². The van der Waals surface area contributed by atoms with Crippen LogP contribution in [0.15, 0.2) is 34.9 Å². The molecular formula is C24H29FN6O2. The topological polar surface area (TPSA) is 79.5 Å². The molecular weight excluding hydrogens is 423 g/mol. The maximum atomic E-state index is 14.8. The van der Waals surface area contributed by atoms with Gasteiger partial charge < -0.3 is 19.0 Å². The maximum absolute atomic E-state index is 14.8. The van der Waals surface area contributed by atoms with Crippen molar-refractivity contribution in [1.29, 1.82) is 0 Å².